The van der Waals surface area contributed by atoms with Crippen molar-refractivity contribution < 1.29 is 0 Å². The third kappa shape index (κ3) is 2.04. The Kier molecular flexibility index (Phi) is 3.46. The zero-order valence-corrected chi connectivity index (χ0v) is 14.4. The van der Waals surface area contributed by atoms with Crippen LogP contribution in [0.25, 0.3) is 0 Å². The molecule has 4 unspecified atom stereocenters. The molecule has 3 heteroatoms. The van der Waals surface area contributed by atoms with Crippen molar-refractivity contribution in [2.45, 2.75) is 83.3 Å². The van der Waals surface area contributed by atoms with Gasteiger partial charge in [0.15, 0.2) is 0 Å². The van der Waals surface area contributed by atoms with Crippen molar-refractivity contribution >= 4 is 0 Å². The zero-order chi connectivity index (χ0) is 15.7. The third-order valence-electron chi connectivity index (χ3n) is 8.55. The first-order chi connectivity index (χ1) is 10.3. The van der Waals surface area contributed by atoms with Crippen molar-refractivity contribution in [2.24, 2.45) is 51.7 Å². The van der Waals surface area contributed by atoms with Crippen molar-refractivity contribution in [3.63, 3.8) is 0 Å². The highest BCUT2D eigenvalue weighted by molar-refractivity contribution is 5.11. The highest BCUT2D eigenvalue weighted by atomic mass is 14.8. The van der Waals surface area contributed by atoms with Crippen LogP contribution in [0, 0.1) is 34.5 Å². The second-order valence-electron chi connectivity index (χ2n) is 9.82. The normalized spacial score (nSPS) is 61.2. The molecule has 0 aromatic rings. The first-order valence-corrected chi connectivity index (χ1v) is 9.60. The van der Waals surface area contributed by atoms with Crippen molar-refractivity contribution in [1.82, 2.24) is 0 Å². The van der Waals surface area contributed by atoms with E-state index in [0.717, 1.165) is 17.8 Å². The lowest BCUT2D eigenvalue weighted by Crippen LogP contribution is -2.60. The van der Waals surface area contributed by atoms with Crippen LogP contribution in [0.5, 0.6) is 0 Å². The van der Waals surface area contributed by atoms with Gasteiger partial charge in [-0.15, -0.1) is 0 Å². The van der Waals surface area contributed by atoms with E-state index in [1.807, 2.05) is 0 Å². The quantitative estimate of drug-likeness (QED) is 0.644. The Balaban J connectivity index is 1.67. The van der Waals surface area contributed by atoms with Gasteiger partial charge in [-0.2, -0.15) is 0 Å². The fourth-order valence-electron chi connectivity index (χ4n) is 7.70. The number of nitrogens with two attached hydrogens (primary N) is 3. The Morgan fingerprint density at radius 2 is 1.55 bits per heavy atom. The fraction of sp³-hybridized carbons (Fsp3) is 1.00. The molecular weight excluding hydrogens is 270 g/mol. The molecule has 4 aliphatic rings. The second-order valence-corrected chi connectivity index (χ2v) is 9.82. The molecule has 4 fully saturated rings. The largest absolute Gasteiger partial charge is 0.328 e. The summed E-state index contributed by atoms with van der Waals surface area (Å²) < 4.78 is 0. The summed E-state index contributed by atoms with van der Waals surface area (Å²) in [5, 5.41) is 0. The van der Waals surface area contributed by atoms with E-state index in [2.05, 4.69) is 13.8 Å². The first kappa shape index (κ1) is 15.4. The Hall–Kier alpha value is -0.120. The topological polar surface area (TPSA) is 78.1 Å². The molecule has 3 nitrogen and oxygen atoms in total. The molecule has 0 aromatic carbocycles. The standard InChI is InChI=1S/C19H35N3/c1-18-6-5-14-13(16(18)7-12(21)9-18)8-17(22)15-4-3-11(20)10-19(14,15)2/h11-17H,3-10,20-22H2,1-2H3/t11?,12?,13-,14-,15?,16+,17?,18-,19-/m1/s1. The van der Waals surface area contributed by atoms with Gasteiger partial charge in [0.25, 0.3) is 0 Å². The molecule has 0 saturated heterocycles. The number of rotatable bonds is 0. The molecule has 126 valence electrons. The van der Waals surface area contributed by atoms with E-state index in [9.17, 15) is 0 Å². The average Bonchev–Trinajstić information content (AvgIpc) is 2.72. The van der Waals surface area contributed by atoms with Gasteiger partial charge in [-0.1, -0.05) is 13.8 Å². The Labute approximate surface area is 135 Å². The summed E-state index contributed by atoms with van der Waals surface area (Å²) >= 11 is 0. The lowest BCUT2D eigenvalue weighted by Gasteiger charge is -2.62. The molecule has 4 rings (SSSR count). The molecule has 0 aliphatic heterocycles. The van der Waals surface area contributed by atoms with Crippen LogP contribution in [0.1, 0.15) is 65.2 Å². The van der Waals surface area contributed by atoms with Gasteiger partial charge < -0.3 is 17.2 Å². The van der Waals surface area contributed by atoms with E-state index in [0.29, 0.717) is 34.9 Å². The lowest BCUT2D eigenvalue weighted by atomic mass is 9.44. The van der Waals surface area contributed by atoms with Crippen molar-refractivity contribution in [3.8, 4) is 0 Å². The van der Waals surface area contributed by atoms with Gasteiger partial charge in [-0.25, -0.2) is 0 Å². The third-order valence-corrected chi connectivity index (χ3v) is 8.55. The summed E-state index contributed by atoms with van der Waals surface area (Å²) in [6, 6.07) is 1.20. The maximum Gasteiger partial charge on any atom is 0.00753 e. The van der Waals surface area contributed by atoms with Gasteiger partial charge in [-0.05, 0) is 85.9 Å². The molecule has 9 atom stereocenters. The van der Waals surface area contributed by atoms with E-state index < -0.39 is 0 Å². The van der Waals surface area contributed by atoms with E-state index in [1.54, 1.807) is 0 Å². The molecule has 22 heavy (non-hydrogen) atoms. The minimum Gasteiger partial charge on any atom is -0.328 e. The lowest BCUT2D eigenvalue weighted by molar-refractivity contribution is -0.114. The van der Waals surface area contributed by atoms with E-state index in [1.165, 1.54) is 51.4 Å². The molecule has 6 N–H and O–H groups in total. The number of hydrogen-bond acceptors (Lipinski definition) is 3. The van der Waals surface area contributed by atoms with Crippen LogP contribution in [-0.2, 0) is 0 Å². The summed E-state index contributed by atoms with van der Waals surface area (Å²) in [6.45, 7) is 5.04. The smallest absolute Gasteiger partial charge is 0.00753 e. The van der Waals surface area contributed by atoms with Crippen LogP contribution in [0.15, 0.2) is 0 Å². The molecule has 0 bridgehead atoms. The van der Waals surface area contributed by atoms with Crippen LogP contribution in [0.3, 0.4) is 0 Å². The van der Waals surface area contributed by atoms with Crippen LogP contribution < -0.4 is 17.2 Å². The monoisotopic (exact) mass is 305 g/mol. The maximum absolute atomic E-state index is 6.72. The summed E-state index contributed by atoms with van der Waals surface area (Å²) in [5.74, 6) is 3.15. The second kappa shape index (κ2) is 4.94. The SMILES string of the molecule is C[C@]12CC[C@@H]3[C@@H](CC(N)C4CCC(N)C[C@@]43C)[C@@H]1CC(N)C2. The molecule has 4 aliphatic carbocycles. The van der Waals surface area contributed by atoms with Crippen LogP contribution in [-0.4, -0.2) is 18.1 Å². The molecular formula is C19H35N3. The van der Waals surface area contributed by atoms with E-state index in [4.69, 9.17) is 17.2 Å². The molecule has 0 spiro atoms. The molecule has 0 amide bonds. The summed E-state index contributed by atoms with van der Waals surface area (Å²) in [7, 11) is 0. The van der Waals surface area contributed by atoms with Gasteiger partial charge >= 0.3 is 0 Å². The van der Waals surface area contributed by atoms with Crippen molar-refractivity contribution in [2.75, 3.05) is 0 Å². The van der Waals surface area contributed by atoms with Crippen molar-refractivity contribution in [1.29, 1.82) is 0 Å². The van der Waals surface area contributed by atoms with Gasteiger partial charge in [0, 0.05) is 18.1 Å². The van der Waals surface area contributed by atoms with Crippen LogP contribution in [0.4, 0.5) is 0 Å². The van der Waals surface area contributed by atoms with Gasteiger partial charge in [-0.3, -0.25) is 0 Å². The summed E-state index contributed by atoms with van der Waals surface area (Å²) in [6.07, 6.45) is 10.1. The average molecular weight is 306 g/mol. The molecule has 0 heterocycles. The molecule has 0 aromatic heterocycles. The molecule has 0 radical (unpaired) electrons. The Morgan fingerprint density at radius 3 is 2.32 bits per heavy atom. The Morgan fingerprint density at radius 1 is 0.773 bits per heavy atom. The highest BCUT2D eigenvalue weighted by Gasteiger charge is 2.60. The Bertz CT molecular complexity index is 452. The predicted octanol–water partition coefficient (Wildman–Crippen LogP) is 2.62. The fourth-order valence-corrected chi connectivity index (χ4v) is 7.70. The summed E-state index contributed by atoms with van der Waals surface area (Å²) in [4.78, 5) is 0. The van der Waals surface area contributed by atoms with Gasteiger partial charge in [0.05, 0.1) is 0 Å². The van der Waals surface area contributed by atoms with Gasteiger partial charge in [0.2, 0.25) is 0 Å². The minimum absolute atomic E-state index is 0.383. The maximum atomic E-state index is 6.72. The number of fused-ring (bicyclic) bond motifs is 5. The first-order valence-electron chi connectivity index (χ1n) is 9.60. The number of hydrogen-bond donors (Lipinski definition) is 3. The highest BCUT2D eigenvalue weighted by Crippen LogP contribution is 2.65. The van der Waals surface area contributed by atoms with Crippen molar-refractivity contribution in [3.05, 3.63) is 0 Å². The van der Waals surface area contributed by atoms with E-state index >= 15 is 0 Å². The zero-order valence-electron chi connectivity index (χ0n) is 14.4. The molecule has 4 saturated carbocycles. The summed E-state index contributed by atoms with van der Waals surface area (Å²) in [5.41, 5.74) is 20.3. The minimum atomic E-state index is 0.383. The van der Waals surface area contributed by atoms with Gasteiger partial charge in [0.1, 0.15) is 0 Å². The predicted molar refractivity (Wildman–Crippen MR) is 91.0 cm³/mol. The van der Waals surface area contributed by atoms with E-state index in [-0.39, 0.29) is 0 Å². The van der Waals surface area contributed by atoms with Crippen LogP contribution >= 0.6 is 0 Å². The van der Waals surface area contributed by atoms with Crippen LogP contribution in [0.2, 0.25) is 0 Å².